The van der Waals surface area contributed by atoms with E-state index in [0.29, 0.717) is 12.8 Å². The Kier molecular flexibility index (Phi) is 4.29. The Morgan fingerprint density at radius 2 is 1.95 bits per heavy atom. The molecule has 1 saturated carbocycles. The Balaban J connectivity index is 1.65. The van der Waals surface area contributed by atoms with Gasteiger partial charge in [-0.15, -0.1) is 0 Å². The molecule has 108 valence electrons. The van der Waals surface area contributed by atoms with Gasteiger partial charge >= 0.3 is 12.0 Å². The van der Waals surface area contributed by atoms with E-state index in [1.807, 2.05) is 6.92 Å². The second-order valence-electron chi connectivity index (χ2n) is 5.82. The van der Waals surface area contributed by atoms with Gasteiger partial charge in [0.15, 0.2) is 0 Å². The van der Waals surface area contributed by atoms with Gasteiger partial charge in [-0.1, -0.05) is 0 Å². The van der Waals surface area contributed by atoms with Crippen LogP contribution >= 0.6 is 0 Å². The van der Waals surface area contributed by atoms with Crippen LogP contribution in [0.15, 0.2) is 0 Å². The number of carboxylic acid groups (broad SMARTS) is 1. The third kappa shape index (κ3) is 3.83. The van der Waals surface area contributed by atoms with Crippen molar-refractivity contribution < 1.29 is 14.7 Å². The summed E-state index contributed by atoms with van der Waals surface area (Å²) in [6.07, 6.45) is 3.79. The number of hydrogen-bond donors (Lipinski definition) is 3. The fourth-order valence-electron chi connectivity index (χ4n) is 2.54. The van der Waals surface area contributed by atoms with Crippen LogP contribution in [-0.2, 0) is 4.79 Å². The molecule has 1 atom stereocenters. The summed E-state index contributed by atoms with van der Waals surface area (Å²) >= 11 is 0. The smallest absolute Gasteiger partial charge is 0.315 e. The van der Waals surface area contributed by atoms with Crippen molar-refractivity contribution in [3.05, 3.63) is 0 Å². The third-order valence-electron chi connectivity index (χ3n) is 4.00. The van der Waals surface area contributed by atoms with Gasteiger partial charge in [0.2, 0.25) is 0 Å². The summed E-state index contributed by atoms with van der Waals surface area (Å²) in [5.41, 5.74) is -0.699. The van der Waals surface area contributed by atoms with Gasteiger partial charge in [0, 0.05) is 19.1 Å². The quantitative estimate of drug-likeness (QED) is 0.661. The minimum absolute atomic E-state index is 0.0816. The van der Waals surface area contributed by atoms with E-state index in [0.717, 1.165) is 19.6 Å². The van der Waals surface area contributed by atoms with Gasteiger partial charge in [0.25, 0.3) is 0 Å². The van der Waals surface area contributed by atoms with E-state index in [-0.39, 0.29) is 18.6 Å². The molecule has 0 aromatic heterocycles. The lowest BCUT2D eigenvalue weighted by molar-refractivity contribution is -0.143. The molecule has 19 heavy (non-hydrogen) atoms. The van der Waals surface area contributed by atoms with Gasteiger partial charge in [0.05, 0.1) is 5.41 Å². The van der Waals surface area contributed by atoms with Gasteiger partial charge in [-0.2, -0.15) is 0 Å². The number of carboxylic acids is 1. The number of aliphatic carboxylic acids is 1. The van der Waals surface area contributed by atoms with E-state index < -0.39 is 11.4 Å². The van der Waals surface area contributed by atoms with Gasteiger partial charge in [0.1, 0.15) is 0 Å². The maximum Gasteiger partial charge on any atom is 0.315 e. The zero-order valence-corrected chi connectivity index (χ0v) is 11.4. The summed E-state index contributed by atoms with van der Waals surface area (Å²) in [6.45, 7) is 5.27. The molecule has 1 unspecified atom stereocenters. The summed E-state index contributed by atoms with van der Waals surface area (Å²) in [6, 6.07) is -0.183. The second-order valence-corrected chi connectivity index (χ2v) is 5.82. The minimum Gasteiger partial charge on any atom is -0.481 e. The molecule has 1 saturated heterocycles. The molecule has 1 aliphatic carbocycles. The van der Waals surface area contributed by atoms with Gasteiger partial charge in [-0.25, -0.2) is 4.79 Å². The zero-order valence-electron chi connectivity index (χ0n) is 11.4. The molecule has 0 bridgehead atoms. The van der Waals surface area contributed by atoms with E-state index in [4.69, 9.17) is 5.11 Å². The summed E-state index contributed by atoms with van der Waals surface area (Å²) in [5, 5.41) is 14.5. The first kappa shape index (κ1) is 14.1. The molecule has 3 N–H and O–H groups in total. The number of rotatable bonds is 6. The highest BCUT2D eigenvalue weighted by Crippen LogP contribution is 2.45. The fourth-order valence-corrected chi connectivity index (χ4v) is 2.54. The largest absolute Gasteiger partial charge is 0.481 e. The SMILES string of the molecule is CC(CN1CCCC1)NC(=O)NCC1(C(=O)O)CC1. The third-order valence-corrected chi connectivity index (χ3v) is 4.00. The van der Waals surface area contributed by atoms with Crippen molar-refractivity contribution >= 4 is 12.0 Å². The van der Waals surface area contributed by atoms with Crippen LogP contribution in [0.2, 0.25) is 0 Å². The number of amides is 2. The van der Waals surface area contributed by atoms with E-state index >= 15 is 0 Å². The van der Waals surface area contributed by atoms with Crippen LogP contribution in [0.5, 0.6) is 0 Å². The highest BCUT2D eigenvalue weighted by Gasteiger charge is 2.50. The Labute approximate surface area is 113 Å². The normalized spacial score (nSPS) is 22.8. The van der Waals surface area contributed by atoms with Crippen LogP contribution in [0.25, 0.3) is 0 Å². The number of carbonyl (C=O) groups is 2. The molecular formula is C13H23N3O3. The Hall–Kier alpha value is -1.30. The predicted octanol–water partition coefficient (Wildman–Crippen LogP) is 0.635. The molecule has 1 aliphatic heterocycles. The summed E-state index contributed by atoms with van der Waals surface area (Å²) < 4.78 is 0. The molecule has 1 heterocycles. The number of carbonyl (C=O) groups excluding carboxylic acids is 1. The van der Waals surface area contributed by atoms with Crippen LogP contribution in [0.1, 0.15) is 32.6 Å². The highest BCUT2D eigenvalue weighted by atomic mass is 16.4. The summed E-state index contributed by atoms with van der Waals surface area (Å²) in [4.78, 5) is 25.0. The van der Waals surface area contributed by atoms with Gasteiger partial charge in [-0.3, -0.25) is 4.79 Å². The molecule has 2 fully saturated rings. The highest BCUT2D eigenvalue weighted by molar-refractivity contribution is 5.80. The monoisotopic (exact) mass is 269 g/mol. The lowest BCUT2D eigenvalue weighted by atomic mass is 10.1. The van der Waals surface area contributed by atoms with Crippen molar-refractivity contribution in [1.82, 2.24) is 15.5 Å². The molecule has 6 nitrogen and oxygen atoms in total. The molecule has 0 spiro atoms. The maximum atomic E-state index is 11.7. The topological polar surface area (TPSA) is 81.7 Å². The molecule has 0 aromatic rings. The fraction of sp³-hybridized carbons (Fsp3) is 0.846. The second kappa shape index (κ2) is 5.77. The number of likely N-dealkylation sites (tertiary alicyclic amines) is 1. The average Bonchev–Trinajstić information content (AvgIpc) is 2.98. The summed E-state index contributed by atoms with van der Waals surface area (Å²) in [5.74, 6) is -0.807. The lowest BCUT2D eigenvalue weighted by Crippen LogP contribution is -2.47. The van der Waals surface area contributed by atoms with Crippen LogP contribution in [-0.4, -0.2) is 54.2 Å². The summed E-state index contributed by atoms with van der Waals surface area (Å²) in [7, 11) is 0. The van der Waals surface area contributed by atoms with Crippen LogP contribution in [0, 0.1) is 5.41 Å². The molecular weight excluding hydrogens is 246 g/mol. The van der Waals surface area contributed by atoms with Crippen molar-refractivity contribution in [2.24, 2.45) is 5.41 Å². The first-order chi connectivity index (χ1) is 9.02. The van der Waals surface area contributed by atoms with Crippen molar-refractivity contribution in [2.45, 2.75) is 38.6 Å². The first-order valence-corrected chi connectivity index (χ1v) is 7.02. The number of nitrogens with zero attached hydrogens (tertiary/aromatic N) is 1. The number of hydrogen-bond acceptors (Lipinski definition) is 3. The van der Waals surface area contributed by atoms with Crippen molar-refractivity contribution in [2.75, 3.05) is 26.2 Å². The van der Waals surface area contributed by atoms with E-state index in [9.17, 15) is 9.59 Å². The van der Waals surface area contributed by atoms with Crippen LogP contribution in [0.4, 0.5) is 4.79 Å². The maximum absolute atomic E-state index is 11.7. The van der Waals surface area contributed by atoms with E-state index in [1.54, 1.807) is 0 Å². The lowest BCUT2D eigenvalue weighted by Gasteiger charge is -2.21. The van der Waals surface area contributed by atoms with Crippen molar-refractivity contribution in [3.8, 4) is 0 Å². The van der Waals surface area contributed by atoms with Crippen LogP contribution < -0.4 is 10.6 Å². The molecule has 0 radical (unpaired) electrons. The standard InChI is InChI=1S/C13H23N3O3/c1-10(8-16-6-2-3-7-16)15-12(19)14-9-13(4-5-13)11(17)18/h10H,2-9H2,1H3,(H,17,18)(H2,14,15,19). The van der Waals surface area contributed by atoms with Gasteiger partial charge in [-0.05, 0) is 45.7 Å². The molecule has 2 aliphatic rings. The Bertz CT molecular complexity index is 349. The Morgan fingerprint density at radius 3 is 2.47 bits per heavy atom. The van der Waals surface area contributed by atoms with Crippen LogP contribution in [0.3, 0.4) is 0 Å². The molecule has 2 rings (SSSR count). The molecule has 2 amide bonds. The predicted molar refractivity (Wildman–Crippen MR) is 71.0 cm³/mol. The average molecular weight is 269 g/mol. The Morgan fingerprint density at radius 1 is 1.32 bits per heavy atom. The number of nitrogens with one attached hydrogen (secondary N) is 2. The zero-order chi connectivity index (χ0) is 13.9. The number of urea groups is 1. The van der Waals surface area contributed by atoms with Crippen molar-refractivity contribution in [3.63, 3.8) is 0 Å². The first-order valence-electron chi connectivity index (χ1n) is 7.02. The van der Waals surface area contributed by atoms with Gasteiger partial charge < -0.3 is 20.6 Å². The van der Waals surface area contributed by atoms with E-state index in [2.05, 4.69) is 15.5 Å². The molecule has 6 heteroatoms. The van der Waals surface area contributed by atoms with Crippen molar-refractivity contribution in [1.29, 1.82) is 0 Å². The molecule has 0 aromatic carbocycles. The minimum atomic E-state index is -0.807. The van der Waals surface area contributed by atoms with E-state index in [1.165, 1.54) is 12.8 Å².